The summed E-state index contributed by atoms with van der Waals surface area (Å²) in [7, 11) is 0. The second kappa shape index (κ2) is 6.75. The van der Waals surface area contributed by atoms with Gasteiger partial charge in [0.2, 0.25) is 0 Å². The van der Waals surface area contributed by atoms with Crippen LogP contribution in [0.15, 0.2) is 11.5 Å². The number of aliphatic hydroxyl groups excluding tert-OH is 6. The lowest BCUT2D eigenvalue weighted by Gasteiger charge is -2.24. The largest absolute Gasteiger partial charge is 0.396 e. The quantitative estimate of drug-likeness (QED) is 0.192. The zero-order valence-corrected chi connectivity index (χ0v) is 18.2. The van der Waals surface area contributed by atoms with Gasteiger partial charge in [-0.3, -0.25) is 0 Å². The smallest absolute Gasteiger partial charge is 0.191 e. The van der Waals surface area contributed by atoms with Crippen molar-refractivity contribution in [2.45, 2.75) is 54.5 Å². The highest BCUT2D eigenvalue weighted by Gasteiger charge is 2.72. The summed E-state index contributed by atoms with van der Waals surface area (Å²) in [6, 6.07) is -0.955. The highest BCUT2D eigenvalue weighted by atomic mass is 32.2. The number of aliphatic hydroxyl groups is 6. The van der Waals surface area contributed by atoms with Crippen molar-refractivity contribution in [3.8, 4) is 0 Å². The number of nitrogens with zero attached hydrogens (tertiary/aromatic N) is 4. The van der Waals surface area contributed by atoms with E-state index in [-0.39, 0.29) is 25.0 Å². The maximum atomic E-state index is 10.7. The van der Waals surface area contributed by atoms with Gasteiger partial charge in [-0.1, -0.05) is 11.8 Å². The summed E-state index contributed by atoms with van der Waals surface area (Å²) in [5, 5.41) is 65.4. The van der Waals surface area contributed by atoms with Gasteiger partial charge in [0.25, 0.3) is 0 Å². The average molecular weight is 466 g/mol. The van der Waals surface area contributed by atoms with Gasteiger partial charge in [-0.15, -0.1) is 0 Å². The summed E-state index contributed by atoms with van der Waals surface area (Å²) in [6.45, 7) is -0.374. The van der Waals surface area contributed by atoms with Gasteiger partial charge in [0, 0.05) is 10.8 Å². The van der Waals surface area contributed by atoms with Crippen molar-refractivity contribution < 1.29 is 30.6 Å². The predicted octanol–water partition coefficient (Wildman–Crippen LogP) is -1.66. The van der Waals surface area contributed by atoms with Crippen molar-refractivity contribution in [1.29, 1.82) is 0 Å². The number of imidazole rings is 1. The van der Waals surface area contributed by atoms with Crippen LogP contribution in [-0.4, -0.2) is 100 Å². The van der Waals surface area contributed by atoms with E-state index in [1.54, 1.807) is 10.9 Å². The fourth-order valence-electron chi connectivity index (χ4n) is 6.43. The molecule has 11 nitrogen and oxygen atoms in total. The molecule has 2 unspecified atom stereocenters. The summed E-state index contributed by atoms with van der Waals surface area (Å²) >= 11 is 1.34. The minimum absolute atomic E-state index is 0.0780. The average Bonchev–Trinajstić information content (AvgIpc) is 3.64. The van der Waals surface area contributed by atoms with Gasteiger partial charge < -0.3 is 40.5 Å². The van der Waals surface area contributed by atoms with Crippen LogP contribution in [0.3, 0.4) is 0 Å². The summed E-state index contributed by atoms with van der Waals surface area (Å²) in [5.74, 6) is 0.250. The molecule has 174 valence electrons. The van der Waals surface area contributed by atoms with E-state index in [9.17, 15) is 30.6 Å². The van der Waals surface area contributed by atoms with Crippen LogP contribution in [-0.2, 0) is 0 Å². The molecule has 0 bridgehead atoms. The summed E-state index contributed by atoms with van der Waals surface area (Å²) in [4.78, 5) is 13.6. The Morgan fingerprint density at radius 1 is 1.03 bits per heavy atom. The summed E-state index contributed by atoms with van der Waals surface area (Å²) in [5.41, 5.74) is -0.411. The molecule has 6 rings (SSSR count). The molecule has 4 fully saturated rings. The van der Waals surface area contributed by atoms with E-state index < -0.39 is 47.3 Å². The lowest BCUT2D eigenvalue weighted by molar-refractivity contribution is -0.0300. The fraction of sp³-hybridized carbons (Fsp3) is 0.750. The molecule has 10 atom stereocenters. The van der Waals surface area contributed by atoms with E-state index in [1.165, 1.54) is 11.8 Å². The number of rotatable bonds is 6. The molecular weight excluding hydrogens is 438 g/mol. The molecule has 12 heteroatoms. The van der Waals surface area contributed by atoms with Crippen molar-refractivity contribution in [1.82, 2.24) is 19.5 Å². The van der Waals surface area contributed by atoms with Crippen molar-refractivity contribution >= 4 is 28.7 Å². The van der Waals surface area contributed by atoms with Crippen molar-refractivity contribution in [2.24, 2.45) is 22.7 Å². The fourth-order valence-corrected chi connectivity index (χ4v) is 6.79. The Morgan fingerprint density at radius 2 is 1.69 bits per heavy atom. The maximum absolute atomic E-state index is 10.7. The van der Waals surface area contributed by atoms with E-state index in [0.29, 0.717) is 35.0 Å². The number of fused-ring (bicyclic) bond motifs is 3. The molecular formula is C20H27N5O6S. The highest BCUT2D eigenvalue weighted by molar-refractivity contribution is 7.98. The number of hydrogen-bond donors (Lipinski definition) is 7. The molecule has 0 saturated heterocycles. The Labute approximate surface area is 187 Å². The first-order valence-corrected chi connectivity index (χ1v) is 12.0. The first kappa shape index (κ1) is 21.0. The number of hydrogen-bond acceptors (Lipinski definition) is 11. The Kier molecular flexibility index (Phi) is 4.43. The van der Waals surface area contributed by atoms with E-state index in [0.717, 1.165) is 0 Å². The third-order valence-electron chi connectivity index (χ3n) is 8.54. The van der Waals surface area contributed by atoms with Gasteiger partial charge >= 0.3 is 0 Å². The van der Waals surface area contributed by atoms with Crippen LogP contribution in [0.5, 0.6) is 0 Å². The molecule has 4 aliphatic carbocycles. The van der Waals surface area contributed by atoms with Crippen molar-refractivity contribution in [3.05, 3.63) is 6.33 Å². The van der Waals surface area contributed by atoms with Gasteiger partial charge in [0.05, 0.1) is 43.8 Å². The zero-order chi connectivity index (χ0) is 22.6. The predicted molar refractivity (Wildman–Crippen MR) is 113 cm³/mol. The molecule has 0 spiro atoms. The van der Waals surface area contributed by atoms with Crippen LogP contribution < -0.4 is 5.32 Å². The molecule has 0 aliphatic heterocycles. The molecule has 4 aliphatic rings. The first-order chi connectivity index (χ1) is 15.3. The molecule has 0 amide bonds. The first-order valence-electron chi connectivity index (χ1n) is 10.8. The molecule has 2 heterocycles. The number of thioether (sulfide) groups is 1. The molecule has 0 aromatic carbocycles. The van der Waals surface area contributed by atoms with Crippen LogP contribution in [0.1, 0.15) is 18.9 Å². The molecule has 4 saturated carbocycles. The SMILES string of the molecule is CSc1nc(N[C@@H]2[C@H]3C[C@@]3(CO)C(O)[C@@H]2O)c2ncn([C@@H]3[C@H]4C[C@@]4(CO)C(O)[C@@H]3O)c2n1. The van der Waals surface area contributed by atoms with E-state index >= 15 is 0 Å². The van der Waals surface area contributed by atoms with Crippen molar-refractivity contribution in [3.63, 3.8) is 0 Å². The van der Waals surface area contributed by atoms with Gasteiger partial charge in [-0.05, 0) is 30.9 Å². The highest BCUT2D eigenvalue weighted by Crippen LogP contribution is 2.67. The minimum Gasteiger partial charge on any atom is -0.396 e. The molecule has 7 N–H and O–H groups in total. The van der Waals surface area contributed by atoms with E-state index in [1.807, 2.05) is 6.26 Å². The maximum Gasteiger partial charge on any atom is 0.191 e. The lowest BCUT2D eigenvalue weighted by atomic mass is 10.0. The monoisotopic (exact) mass is 465 g/mol. The van der Waals surface area contributed by atoms with Crippen LogP contribution in [0.2, 0.25) is 0 Å². The second-order valence-electron chi connectivity index (χ2n) is 9.82. The van der Waals surface area contributed by atoms with Gasteiger partial charge in [-0.25, -0.2) is 15.0 Å². The van der Waals surface area contributed by atoms with Crippen LogP contribution in [0.25, 0.3) is 11.2 Å². The standard InChI is InChI=1S/C20H27N5O6S/c1-32-18-23-16(22-9-7-2-19(7,4-26)14(30)12(9)28)10-17(24-18)25(6-21-10)11-8-3-20(8,5-27)15(31)13(11)29/h6-9,11-15,26-31H,2-5H2,1H3,(H,22,23,24)/t7-,8-,9-,11-,12-,13-,14?,15?,19+,20+/m1/s1. The van der Waals surface area contributed by atoms with Gasteiger partial charge in [0.1, 0.15) is 12.2 Å². The number of anilines is 1. The Hall–Kier alpha value is -1.54. The van der Waals surface area contributed by atoms with Crippen LogP contribution in [0, 0.1) is 22.7 Å². The normalized spacial score (nSPS) is 46.3. The van der Waals surface area contributed by atoms with Crippen LogP contribution in [0.4, 0.5) is 5.82 Å². The summed E-state index contributed by atoms with van der Waals surface area (Å²) < 4.78 is 1.75. The van der Waals surface area contributed by atoms with E-state index in [4.69, 9.17) is 0 Å². The number of aromatic nitrogens is 4. The van der Waals surface area contributed by atoms with Gasteiger partial charge in [0.15, 0.2) is 22.1 Å². The third kappa shape index (κ3) is 2.46. The van der Waals surface area contributed by atoms with Crippen molar-refractivity contribution in [2.75, 3.05) is 24.8 Å². The molecule has 2 aromatic heterocycles. The molecule has 32 heavy (non-hydrogen) atoms. The summed E-state index contributed by atoms with van der Waals surface area (Å²) in [6.07, 6.45) is 0.514. The molecule has 2 aromatic rings. The topological polar surface area (TPSA) is 177 Å². The Balaban J connectivity index is 1.38. The Bertz CT molecular complexity index is 1090. The van der Waals surface area contributed by atoms with Crippen LogP contribution >= 0.6 is 11.8 Å². The van der Waals surface area contributed by atoms with E-state index in [2.05, 4.69) is 20.3 Å². The lowest BCUT2D eigenvalue weighted by Crippen LogP contribution is -2.40. The molecule has 0 radical (unpaired) electrons. The number of nitrogens with one attached hydrogen (secondary N) is 1. The van der Waals surface area contributed by atoms with Gasteiger partial charge in [-0.2, -0.15) is 0 Å². The third-order valence-corrected chi connectivity index (χ3v) is 9.09. The minimum atomic E-state index is -1.05. The Morgan fingerprint density at radius 3 is 2.31 bits per heavy atom. The zero-order valence-electron chi connectivity index (χ0n) is 17.4. The second-order valence-corrected chi connectivity index (χ2v) is 10.6.